The van der Waals surface area contributed by atoms with Crippen molar-refractivity contribution in [2.45, 2.75) is 6.92 Å². The number of aromatic nitrogens is 1. The monoisotopic (exact) mass is 321 g/mol. The Balaban J connectivity index is 2.05. The topological polar surface area (TPSA) is 111 Å². The van der Waals surface area contributed by atoms with E-state index in [2.05, 4.69) is 10.3 Å². The zero-order chi connectivity index (χ0) is 16.1. The molecule has 1 amide bonds. The Hall–Kier alpha value is -2.81. The average Bonchev–Trinajstić information content (AvgIpc) is 2.96. The molecule has 9 heteroatoms. The summed E-state index contributed by atoms with van der Waals surface area (Å²) in [4.78, 5) is 37.4. The third kappa shape index (κ3) is 3.64. The molecule has 0 atom stereocenters. The molecule has 0 saturated carbocycles. The fourth-order valence-electron chi connectivity index (χ4n) is 1.53. The fourth-order valence-corrected chi connectivity index (χ4v) is 2.21. The third-order valence-corrected chi connectivity index (χ3v) is 3.31. The SMILES string of the molecule is CCOC(=O)c1csc(NC(=O)c2ccc([N+](=O)[O-])cc2)n1. The number of carbonyl (C=O) groups excluding carboxylic acids is 2. The predicted octanol–water partition coefficient (Wildman–Crippen LogP) is 2.48. The number of hydrogen-bond donors (Lipinski definition) is 1. The number of non-ortho nitro benzene ring substituents is 1. The number of benzene rings is 1. The first kappa shape index (κ1) is 15.6. The standard InChI is InChI=1S/C13H11N3O5S/c1-2-21-12(18)10-7-22-13(14-10)15-11(17)8-3-5-9(6-4-8)16(19)20/h3-7H,2H2,1H3,(H,14,15,17). The van der Waals surface area contributed by atoms with Gasteiger partial charge in [-0.1, -0.05) is 0 Å². The number of anilines is 1. The van der Waals surface area contributed by atoms with Crippen molar-refractivity contribution in [3.05, 3.63) is 51.0 Å². The molecule has 8 nitrogen and oxygen atoms in total. The Kier molecular flexibility index (Phi) is 4.79. The molecule has 0 spiro atoms. The number of carbonyl (C=O) groups is 2. The number of nitro groups is 1. The lowest BCUT2D eigenvalue weighted by Gasteiger charge is -2.01. The number of nitrogens with one attached hydrogen (secondary N) is 1. The Morgan fingerprint density at radius 3 is 2.64 bits per heavy atom. The van der Waals surface area contributed by atoms with Crippen molar-refractivity contribution in [3.63, 3.8) is 0 Å². The predicted molar refractivity (Wildman–Crippen MR) is 79.1 cm³/mol. The Morgan fingerprint density at radius 2 is 2.05 bits per heavy atom. The molecule has 2 aromatic rings. The molecule has 0 unspecified atom stereocenters. The van der Waals surface area contributed by atoms with Crippen LogP contribution in [-0.4, -0.2) is 28.4 Å². The van der Waals surface area contributed by atoms with E-state index in [9.17, 15) is 19.7 Å². The van der Waals surface area contributed by atoms with Crippen LogP contribution in [0.2, 0.25) is 0 Å². The maximum atomic E-state index is 12.0. The summed E-state index contributed by atoms with van der Waals surface area (Å²) in [5, 5.41) is 14.8. The molecule has 1 N–H and O–H groups in total. The summed E-state index contributed by atoms with van der Waals surface area (Å²) < 4.78 is 4.80. The summed E-state index contributed by atoms with van der Waals surface area (Å²) in [6, 6.07) is 5.16. The Labute approximate surface area is 128 Å². The van der Waals surface area contributed by atoms with Gasteiger partial charge in [-0.3, -0.25) is 20.2 Å². The van der Waals surface area contributed by atoms with Gasteiger partial charge in [-0.25, -0.2) is 9.78 Å². The quantitative estimate of drug-likeness (QED) is 0.514. The van der Waals surface area contributed by atoms with Crippen molar-refractivity contribution < 1.29 is 19.2 Å². The highest BCUT2D eigenvalue weighted by Crippen LogP contribution is 2.18. The van der Waals surface area contributed by atoms with Crippen molar-refractivity contribution in [3.8, 4) is 0 Å². The molecule has 0 aliphatic carbocycles. The molecule has 0 radical (unpaired) electrons. The first-order valence-corrected chi connectivity index (χ1v) is 7.07. The molecular formula is C13H11N3O5S. The van der Waals surface area contributed by atoms with Crippen LogP contribution < -0.4 is 5.32 Å². The minimum atomic E-state index is -0.561. The molecular weight excluding hydrogens is 310 g/mol. The van der Waals surface area contributed by atoms with Gasteiger partial charge < -0.3 is 4.74 Å². The lowest BCUT2D eigenvalue weighted by molar-refractivity contribution is -0.384. The van der Waals surface area contributed by atoms with Crippen molar-refractivity contribution in [1.29, 1.82) is 0 Å². The second-order valence-electron chi connectivity index (χ2n) is 4.02. The second-order valence-corrected chi connectivity index (χ2v) is 4.87. The summed E-state index contributed by atoms with van der Waals surface area (Å²) in [6.45, 7) is 1.92. The maximum Gasteiger partial charge on any atom is 0.357 e. The Bertz CT molecular complexity index is 711. The number of hydrogen-bond acceptors (Lipinski definition) is 7. The first-order valence-electron chi connectivity index (χ1n) is 6.19. The van der Waals surface area contributed by atoms with Crippen LogP contribution in [0.1, 0.15) is 27.8 Å². The van der Waals surface area contributed by atoms with Crippen LogP contribution in [-0.2, 0) is 4.74 Å². The molecule has 0 aliphatic rings. The number of thiazole rings is 1. The molecule has 1 aromatic heterocycles. The highest BCUT2D eigenvalue weighted by Gasteiger charge is 2.14. The molecule has 0 aliphatic heterocycles. The highest BCUT2D eigenvalue weighted by molar-refractivity contribution is 7.14. The fraction of sp³-hybridized carbons (Fsp3) is 0.154. The summed E-state index contributed by atoms with van der Waals surface area (Å²) >= 11 is 1.08. The number of nitro benzene ring substituents is 1. The number of esters is 1. The van der Waals surface area contributed by atoms with Gasteiger partial charge >= 0.3 is 5.97 Å². The van der Waals surface area contributed by atoms with E-state index in [1.807, 2.05) is 0 Å². The molecule has 22 heavy (non-hydrogen) atoms. The molecule has 2 rings (SSSR count). The van der Waals surface area contributed by atoms with Gasteiger partial charge in [-0.15, -0.1) is 11.3 Å². The van der Waals surface area contributed by atoms with Gasteiger partial charge in [0.1, 0.15) is 0 Å². The zero-order valence-corrected chi connectivity index (χ0v) is 12.3. The molecule has 1 heterocycles. The largest absolute Gasteiger partial charge is 0.461 e. The van der Waals surface area contributed by atoms with E-state index < -0.39 is 16.8 Å². The van der Waals surface area contributed by atoms with Crippen LogP contribution >= 0.6 is 11.3 Å². The molecule has 0 bridgehead atoms. The van der Waals surface area contributed by atoms with Gasteiger partial charge in [-0.2, -0.15) is 0 Å². The van der Waals surface area contributed by atoms with E-state index in [1.165, 1.54) is 29.6 Å². The maximum absolute atomic E-state index is 12.0. The lowest BCUT2D eigenvalue weighted by Crippen LogP contribution is -2.12. The van der Waals surface area contributed by atoms with Crippen LogP contribution in [0, 0.1) is 10.1 Å². The molecule has 0 fully saturated rings. The van der Waals surface area contributed by atoms with E-state index in [0.717, 1.165) is 11.3 Å². The molecule has 1 aromatic carbocycles. The number of rotatable bonds is 5. The van der Waals surface area contributed by atoms with Crippen LogP contribution in [0.25, 0.3) is 0 Å². The van der Waals surface area contributed by atoms with Crippen LogP contribution in [0.5, 0.6) is 0 Å². The van der Waals surface area contributed by atoms with E-state index >= 15 is 0 Å². The zero-order valence-electron chi connectivity index (χ0n) is 11.4. The minimum absolute atomic E-state index is 0.101. The van der Waals surface area contributed by atoms with Crippen molar-refractivity contribution in [2.24, 2.45) is 0 Å². The van der Waals surface area contributed by atoms with Gasteiger partial charge in [0.25, 0.3) is 11.6 Å². The first-order chi connectivity index (χ1) is 10.5. The van der Waals surface area contributed by atoms with Gasteiger partial charge in [0.05, 0.1) is 11.5 Å². The van der Waals surface area contributed by atoms with E-state index in [1.54, 1.807) is 6.92 Å². The number of nitrogens with zero attached hydrogens (tertiary/aromatic N) is 2. The summed E-state index contributed by atoms with van der Waals surface area (Å²) in [6.07, 6.45) is 0. The average molecular weight is 321 g/mol. The number of amides is 1. The van der Waals surface area contributed by atoms with E-state index in [4.69, 9.17) is 4.74 Å². The van der Waals surface area contributed by atoms with Gasteiger partial charge in [0, 0.05) is 23.1 Å². The molecule has 114 valence electrons. The summed E-state index contributed by atoms with van der Waals surface area (Å²) in [5.41, 5.74) is 0.264. The lowest BCUT2D eigenvalue weighted by atomic mass is 10.2. The van der Waals surface area contributed by atoms with Crippen molar-refractivity contribution in [1.82, 2.24) is 4.98 Å². The number of ether oxygens (including phenoxy) is 1. The van der Waals surface area contributed by atoms with Gasteiger partial charge in [0.15, 0.2) is 10.8 Å². The second kappa shape index (κ2) is 6.76. The Morgan fingerprint density at radius 1 is 1.36 bits per heavy atom. The normalized spacial score (nSPS) is 10.0. The van der Waals surface area contributed by atoms with Crippen LogP contribution in [0.15, 0.2) is 29.6 Å². The summed E-state index contributed by atoms with van der Waals surface area (Å²) in [7, 11) is 0. The van der Waals surface area contributed by atoms with E-state index in [-0.39, 0.29) is 28.7 Å². The highest BCUT2D eigenvalue weighted by atomic mass is 32.1. The summed E-state index contributed by atoms with van der Waals surface area (Å²) in [5.74, 6) is -1.03. The third-order valence-electron chi connectivity index (χ3n) is 2.55. The van der Waals surface area contributed by atoms with Gasteiger partial charge in [-0.05, 0) is 19.1 Å². The van der Waals surface area contributed by atoms with Crippen LogP contribution in [0.3, 0.4) is 0 Å². The van der Waals surface area contributed by atoms with Crippen LogP contribution in [0.4, 0.5) is 10.8 Å². The van der Waals surface area contributed by atoms with E-state index in [0.29, 0.717) is 0 Å². The van der Waals surface area contributed by atoms with Crippen molar-refractivity contribution in [2.75, 3.05) is 11.9 Å². The van der Waals surface area contributed by atoms with Gasteiger partial charge in [0.2, 0.25) is 0 Å². The smallest absolute Gasteiger partial charge is 0.357 e. The minimum Gasteiger partial charge on any atom is -0.461 e. The molecule has 0 saturated heterocycles. The van der Waals surface area contributed by atoms with Crippen molar-refractivity contribution >= 4 is 34.0 Å².